The van der Waals surface area contributed by atoms with Crippen LogP contribution >= 0.6 is 0 Å². The Kier molecular flexibility index (Phi) is 3.46. The number of aromatic nitrogens is 4. The Labute approximate surface area is 101 Å². The maximum atomic E-state index is 12.8. The number of fused-ring (bicyclic) bond motifs is 1. The van der Waals surface area contributed by atoms with E-state index in [9.17, 15) is 13.2 Å². The molecule has 18 heavy (non-hydrogen) atoms. The monoisotopic (exact) mass is 259 g/mol. The van der Waals surface area contributed by atoms with Crippen LogP contribution in [-0.2, 0) is 6.42 Å². The van der Waals surface area contributed by atoms with Crippen molar-refractivity contribution in [1.29, 1.82) is 0 Å². The number of halogens is 3. The van der Waals surface area contributed by atoms with Crippen molar-refractivity contribution in [3.63, 3.8) is 0 Å². The first kappa shape index (κ1) is 12.7. The summed E-state index contributed by atoms with van der Waals surface area (Å²) in [5.41, 5.74) is 5.65. The maximum Gasteiger partial charge on any atom is 0.392 e. The van der Waals surface area contributed by atoms with Gasteiger partial charge in [0.05, 0.1) is 12.1 Å². The molecule has 0 spiro atoms. The molecule has 2 aromatic rings. The largest absolute Gasteiger partial charge is 0.392 e. The Hall–Kier alpha value is -1.70. The van der Waals surface area contributed by atoms with E-state index in [1.165, 1.54) is 16.8 Å². The van der Waals surface area contributed by atoms with Gasteiger partial charge < -0.3 is 5.73 Å². The third-order valence-corrected chi connectivity index (χ3v) is 2.69. The molecule has 0 bridgehead atoms. The number of rotatable bonds is 4. The van der Waals surface area contributed by atoms with Gasteiger partial charge >= 0.3 is 6.18 Å². The minimum absolute atomic E-state index is 0.0114. The minimum atomic E-state index is -4.28. The van der Waals surface area contributed by atoms with Gasteiger partial charge in [-0.3, -0.25) is 9.38 Å². The number of nitrogens with zero attached hydrogens (tertiary/aromatic N) is 4. The molecule has 2 N–H and O–H groups in total. The van der Waals surface area contributed by atoms with Crippen LogP contribution in [0, 0.1) is 5.92 Å². The first-order chi connectivity index (χ1) is 8.52. The second-order valence-electron chi connectivity index (χ2n) is 3.94. The van der Waals surface area contributed by atoms with E-state index in [0.717, 1.165) is 0 Å². The molecule has 0 amide bonds. The third kappa shape index (κ3) is 2.58. The molecule has 0 radical (unpaired) electrons. The van der Waals surface area contributed by atoms with E-state index in [1.54, 1.807) is 6.20 Å². The number of hydrogen-bond donors (Lipinski definition) is 1. The zero-order valence-electron chi connectivity index (χ0n) is 9.43. The SMILES string of the molecule is NCCC(Cc1nnc2cnccn12)C(F)(F)F. The summed E-state index contributed by atoms with van der Waals surface area (Å²) in [7, 11) is 0. The molecular weight excluding hydrogens is 247 g/mol. The molecular formula is C10H12F3N5. The lowest BCUT2D eigenvalue weighted by Crippen LogP contribution is -2.28. The fraction of sp³-hybridized carbons (Fsp3) is 0.500. The molecule has 8 heteroatoms. The summed E-state index contributed by atoms with van der Waals surface area (Å²) in [5.74, 6) is -1.23. The van der Waals surface area contributed by atoms with Crippen molar-refractivity contribution in [2.75, 3.05) is 6.54 Å². The maximum absolute atomic E-state index is 12.8. The van der Waals surface area contributed by atoms with Gasteiger partial charge in [-0.05, 0) is 13.0 Å². The smallest absolute Gasteiger partial charge is 0.330 e. The van der Waals surface area contributed by atoms with E-state index in [-0.39, 0.29) is 25.2 Å². The molecule has 0 saturated carbocycles. The molecule has 0 fully saturated rings. The summed E-state index contributed by atoms with van der Waals surface area (Å²) >= 11 is 0. The average molecular weight is 259 g/mol. The van der Waals surface area contributed by atoms with Crippen LogP contribution in [0.5, 0.6) is 0 Å². The van der Waals surface area contributed by atoms with Crippen molar-refractivity contribution in [2.24, 2.45) is 11.7 Å². The Balaban J connectivity index is 2.26. The number of nitrogens with two attached hydrogens (primary N) is 1. The predicted octanol–water partition coefficient (Wildman–Crippen LogP) is 1.19. The van der Waals surface area contributed by atoms with Gasteiger partial charge in [-0.15, -0.1) is 10.2 Å². The molecule has 2 aromatic heterocycles. The lowest BCUT2D eigenvalue weighted by atomic mass is 10.0. The van der Waals surface area contributed by atoms with E-state index >= 15 is 0 Å². The van der Waals surface area contributed by atoms with Crippen molar-refractivity contribution >= 4 is 5.65 Å². The van der Waals surface area contributed by atoms with Crippen molar-refractivity contribution in [3.05, 3.63) is 24.4 Å². The van der Waals surface area contributed by atoms with Crippen LogP contribution in [-0.4, -0.2) is 32.3 Å². The van der Waals surface area contributed by atoms with Gasteiger partial charge in [0.15, 0.2) is 5.65 Å². The first-order valence-corrected chi connectivity index (χ1v) is 5.42. The zero-order chi connectivity index (χ0) is 13.2. The van der Waals surface area contributed by atoms with Crippen LogP contribution in [0.4, 0.5) is 13.2 Å². The second kappa shape index (κ2) is 4.89. The lowest BCUT2D eigenvalue weighted by Gasteiger charge is -2.18. The molecule has 0 aliphatic rings. The zero-order valence-corrected chi connectivity index (χ0v) is 9.43. The summed E-state index contributed by atoms with van der Waals surface area (Å²) < 4.78 is 39.8. The molecule has 0 aromatic carbocycles. The van der Waals surface area contributed by atoms with Gasteiger partial charge in [0.25, 0.3) is 0 Å². The standard InChI is InChI=1S/C10H12F3N5/c11-10(12,13)7(1-2-14)5-8-16-17-9-6-15-3-4-18(8)9/h3-4,6-7H,1-2,5,14H2. The van der Waals surface area contributed by atoms with Gasteiger partial charge in [-0.1, -0.05) is 0 Å². The highest BCUT2D eigenvalue weighted by molar-refractivity contribution is 5.33. The molecule has 0 aliphatic heterocycles. The van der Waals surface area contributed by atoms with Crippen molar-refractivity contribution in [2.45, 2.75) is 19.0 Å². The van der Waals surface area contributed by atoms with Crippen molar-refractivity contribution < 1.29 is 13.2 Å². The molecule has 2 heterocycles. The fourth-order valence-corrected chi connectivity index (χ4v) is 1.75. The average Bonchev–Trinajstić information content (AvgIpc) is 2.71. The highest BCUT2D eigenvalue weighted by Crippen LogP contribution is 2.31. The topological polar surface area (TPSA) is 69.1 Å². The highest BCUT2D eigenvalue weighted by atomic mass is 19.4. The molecule has 0 aliphatic carbocycles. The van der Waals surface area contributed by atoms with Crippen LogP contribution in [0.15, 0.2) is 18.6 Å². The summed E-state index contributed by atoms with van der Waals surface area (Å²) in [4.78, 5) is 3.82. The molecule has 1 atom stereocenters. The van der Waals surface area contributed by atoms with E-state index in [2.05, 4.69) is 15.2 Å². The molecule has 98 valence electrons. The highest BCUT2D eigenvalue weighted by Gasteiger charge is 2.39. The van der Waals surface area contributed by atoms with Gasteiger partial charge in [0.2, 0.25) is 0 Å². The predicted molar refractivity (Wildman–Crippen MR) is 57.7 cm³/mol. The lowest BCUT2D eigenvalue weighted by molar-refractivity contribution is -0.175. The summed E-state index contributed by atoms with van der Waals surface area (Å²) in [6.07, 6.45) is -0.165. The molecule has 1 unspecified atom stereocenters. The van der Waals surface area contributed by atoms with Crippen LogP contribution in [0.2, 0.25) is 0 Å². The van der Waals surface area contributed by atoms with Crippen LogP contribution in [0.3, 0.4) is 0 Å². The third-order valence-electron chi connectivity index (χ3n) is 2.69. The van der Waals surface area contributed by atoms with E-state index < -0.39 is 12.1 Å². The Morgan fingerprint density at radius 1 is 1.33 bits per heavy atom. The number of alkyl halides is 3. The van der Waals surface area contributed by atoms with Gasteiger partial charge in [0.1, 0.15) is 5.82 Å². The van der Waals surface area contributed by atoms with Gasteiger partial charge in [-0.2, -0.15) is 13.2 Å². The Bertz CT molecular complexity index is 521. The second-order valence-corrected chi connectivity index (χ2v) is 3.94. The summed E-state index contributed by atoms with van der Waals surface area (Å²) in [6.45, 7) is -0.0114. The fourth-order valence-electron chi connectivity index (χ4n) is 1.75. The van der Waals surface area contributed by atoms with Crippen molar-refractivity contribution in [3.8, 4) is 0 Å². The summed E-state index contributed by atoms with van der Waals surface area (Å²) in [5, 5.41) is 7.53. The van der Waals surface area contributed by atoms with Crippen LogP contribution < -0.4 is 5.73 Å². The minimum Gasteiger partial charge on any atom is -0.330 e. The molecule has 2 rings (SSSR count). The molecule has 5 nitrogen and oxygen atoms in total. The van der Waals surface area contributed by atoms with E-state index in [4.69, 9.17) is 5.73 Å². The Morgan fingerprint density at radius 2 is 2.11 bits per heavy atom. The Morgan fingerprint density at radius 3 is 2.78 bits per heavy atom. The first-order valence-electron chi connectivity index (χ1n) is 5.42. The quantitative estimate of drug-likeness (QED) is 0.895. The van der Waals surface area contributed by atoms with Gasteiger partial charge in [0, 0.05) is 18.8 Å². The van der Waals surface area contributed by atoms with Gasteiger partial charge in [-0.25, -0.2) is 0 Å². The van der Waals surface area contributed by atoms with E-state index in [0.29, 0.717) is 5.65 Å². The van der Waals surface area contributed by atoms with Crippen molar-refractivity contribution in [1.82, 2.24) is 19.6 Å². The van der Waals surface area contributed by atoms with Crippen LogP contribution in [0.1, 0.15) is 12.2 Å². The molecule has 0 saturated heterocycles. The van der Waals surface area contributed by atoms with Crippen LogP contribution in [0.25, 0.3) is 5.65 Å². The number of hydrogen-bond acceptors (Lipinski definition) is 4. The van der Waals surface area contributed by atoms with E-state index in [1.807, 2.05) is 0 Å². The summed E-state index contributed by atoms with van der Waals surface area (Å²) in [6, 6.07) is 0. The normalized spacial score (nSPS) is 14.0.